The molecule has 45 heavy (non-hydrogen) atoms. The predicted molar refractivity (Wildman–Crippen MR) is 161 cm³/mol. The smallest absolute Gasteiger partial charge is 0.282 e. The van der Waals surface area contributed by atoms with E-state index in [9.17, 15) is 22.8 Å². The molecule has 3 aromatic heterocycles. The number of anilines is 2. The lowest BCUT2D eigenvalue weighted by molar-refractivity contribution is -0.119. The van der Waals surface area contributed by atoms with Gasteiger partial charge in [-0.1, -0.05) is 6.92 Å². The summed E-state index contributed by atoms with van der Waals surface area (Å²) in [5.41, 5.74) is 2.62. The van der Waals surface area contributed by atoms with Crippen LogP contribution in [0.2, 0.25) is 0 Å². The molecule has 1 unspecified atom stereocenters. The third-order valence-corrected chi connectivity index (χ3v) is 7.78. The minimum atomic E-state index is -2.84. The van der Waals surface area contributed by atoms with Crippen molar-refractivity contribution in [2.75, 3.05) is 51.3 Å². The third-order valence-electron chi connectivity index (χ3n) is 7.78. The molecule has 240 valence electrons. The van der Waals surface area contributed by atoms with Crippen molar-refractivity contribution >= 4 is 29.5 Å². The summed E-state index contributed by atoms with van der Waals surface area (Å²) in [6, 6.07) is 5.42. The molecule has 0 saturated carbocycles. The molecule has 0 spiro atoms. The fraction of sp³-hybridized carbons (Fsp3) is 0.433. The Balaban J connectivity index is 0.000000598. The Morgan fingerprint density at radius 3 is 2.64 bits per heavy atom. The minimum absolute atomic E-state index is 0.0648. The minimum Gasteiger partial charge on any atom is -0.392 e. The number of piperazine rings is 1. The van der Waals surface area contributed by atoms with Crippen LogP contribution < -0.4 is 10.6 Å². The lowest BCUT2D eigenvalue weighted by atomic mass is 10.0. The number of imidazole rings is 1. The van der Waals surface area contributed by atoms with Gasteiger partial charge < -0.3 is 25.5 Å². The molecule has 0 radical (unpaired) electrons. The van der Waals surface area contributed by atoms with Crippen LogP contribution in [-0.4, -0.2) is 103 Å². The van der Waals surface area contributed by atoms with E-state index >= 15 is 0 Å². The summed E-state index contributed by atoms with van der Waals surface area (Å²) in [5.74, 6) is 0.315. The summed E-state index contributed by atoms with van der Waals surface area (Å²) < 4.78 is 43.0. The van der Waals surface area contributed by atoms with Crippen molar-refractivity contribution < 1.29 is 27.9 Å². The fourth-order valence-corrected chi connectivity index (χ4v) is 5.35. The van der Waals surface area contributed by atoms with Gasteiger partial charge in [0.25, 0.3) is 12.3 Å². The average Bonchev–Trinajstić information content (AvgIpc) is 3.81. The number of nitrogens with zero attached hydrogens (tertiary/aromatic N) is 7. The Hall–Kier alpha value is -4.50. The Bertz CT molecular complexity index is 1610. The zero-order valence-electron chi connectivity index (χ0n) is 24.9. The van der Waals surface area contributed by atoms with Crippen LogP contribution in [0.1, 0.15) is 41.4 Å². The summed E-state index contributed by atoms with van der Waals surface area (Å²) >= 11 is 0. The molecule has 1 aromatic carbocycles. The zero-order chi connectivity index (χ0) is 31.9. The summed E-state index contributed by atoms with van der Waals surface area (Å²) in [4.78, 5) is 36.3. The van der Waals surface area contributed by atoms with E-state index in [1.807, 2.05) is 13.0 Å². The lowest BCUT2D eigenvalue weighted by Crippen LogP contribution is -2.48. The monoisotopic (exact) mass is 627 g/mol. The molecule has 2 amide bonds. The number of aliphatic hydroxyl groups is 1. The standard InChI is InChI=1S/C26H27F3N8O2.C4H9NO/c1-2-17-13-18(3-4-19(17)26(39)35-11-9-34(16-38)10-12-35)32-24-25-31-14-21(37(25)8-6-30-24)20-15-36(7-5-27)33-22(20)23(28)29;6-4-1-2-5-3-4/h3-4,6,8,13-16,23H,2,5,7,9-12H2,1H3,(H,30,32);4-6H,1-3H2. The number of rotatable bonds is 9. The molecule has 0 aliphatic carbocycles. The molecular formula is C30H36F3N9O3. The van der Waals surface area contributed by atoms with Crippen molar-refractivity contribution in [1.82, 2.24) is 39.3 Å². The average molecular weight is 628 g/mol. The van der Waals surface area contributed by atoms with E-state index in [0.29, 0.717) is 61.0 Å². The number of hydrogen-bond acceptors (Lipinski definition) is 8. The number of benzene rings is 1. The molecule has 12 nitrogen and oxygen atoms in total. The van der Waals surface area contributed by atoms with E-state index in [1.54, 1.807) is 32.5 Å². The van der Waals surface area contributed by atoms with Gasteiger partial charge in [0.2, 0.25) is 6.41 Å². The first-order valence-corrected chi connectivity index (χ1v) is 14.8. The highest BCUT2D eigenvalue weighted by Gasteiger charge is 2.24. The topological polar surface area (TPSA) is 133 Å². The first-order chi connectivity index (χ1) is 21.8. The van der Waals surface area contributed by atoms with Gasteiger partial charge in [-0.2, -0.15) is 5.10 Å². The van der Waals surface area contributed by atoms with Crippen molar-refractivity contribution in [1.29, 1.82) is 0 Å². The van der Waals surface area contributed by atoms with Crippen LogP contribution in [0, 0.1) is 0 Å². The molecule has 2 saturated heterocycles. The van der Waals surface area contributed by atoms with Crippen molar-refractivity contribution in [3.8, 4) is 11.3 Å². The maximum Gasteiger partial charge on any atom is 0.282 e. The van der Waals surface area contributed by atoms with Crippen LogP contribution in [0.3, 0.4) is 0 Å². The normalized spacial score (nSPS) is 16.6. The molecule has 3 N–H and O–H groups in total. The van der Waals surface area contributed by atoms with Gasteiger partial charge in [-0.25, -0.2) is 23.1 Å². The number of nitrogens with one attached hydrogen (secondary N) is 2. The highest BCUT2D eigenvalue weighted by molar-refractivity contribution is 5.96. The maximum absolute atomic E-state index is 13.7. The van der Waals surface area contributed by atoms with Gasteiger partial charge in [-0.05, 0) is 43.1 Å². The molecule has 6 rings (SSSR count). The molecule has 15 heteroatoms. The molecule has 4 aromatic rings. The van der Waals surface area contributed by atoms with Crippen molar-refractivity contribution in [2.45, 2.75) is 38.8 Å². The molecular weight excluding hydrogens is 591 g/mol. The van der Waals surface area contributed by atoms with Crippen LogP contribution in [-0.2, 0) is 17.8 Å². The number of amides is 2. The number of fused-ring (bicyclic) bond motifs is 1. The van der Waals surface area contributed by atoms with Crippen LogP contribution in [0.4, 0.5) is 24.7 Å². The van der Waals surface area contributed by atoms with Gasteiger partial charge in [-0.3, -0.25) is 18.7 Å². The molecule has 2 aliphatic heterocycles. The van der Waals surface area contributed by atoms with E-state index in [2.05, 4.69) is 25.7 Å². The van der Waals surface area contributed by atoms with E-state index < -0.39 is 18.8 Å². The Morgan fingerprint density at radius 1 is 1.22 bits per heavy atom. The number of aromatic nitrogens is 5. The number of β-amino-alcohol motifs (C(OH)–C–C–N with tert-alkyl or cyclic N) is 1. The molecule has 5 heterocycles. The largest absolute Gasteiger partial charge is 0.392 e. The Kier molecular flexibility index (Phi) is 10.3. The van der Waals surface area contributed by atoms with Crippen molar-refractivity contribution in [2.24, 2.45) is 0 Å². The van der Waals surface area contributed by atoms with Gasteiger partial charge >= 0.3 is 0 Å². The Morgan fingerprint density at radius 2 is 2.02 bits per heavy atom. The van der Waals surface area contributed by atoms with Crippen LogP contribution in [0.5, 0.6) is 0 Å². The summed E-state index contributed by atoms with van der Waals surface area (Å²) in [5, 5.41) is 18.8. The molecule has 2 fully saturated rings. The van der Waals surface area contributed by atoms with Gasteiger partial charge in [0.05, 0.1) is 24.5 Å². The second-order valence-corrected chi connectivity index (χ2v) is 10.7. The molecule has 0 bridgehead atoms. The van der Waals surface area contributed by atoms with E-state index in [1.165, 1.54) is 18.6 Å². The van der Waals surface area contributed by atoms with E-state index in [0.717, 1.165) is 36.2 Å². The predicted octanol–water partition coefficient (Wildman–Crippen LogP) is 3.06. The number of hydrogen-bond donors (Lipinski definition) is 3. The lowest BCUT2D eigenvalue weighted by Gasteiger charge is -2.33. The Labute approximate surface area is 257 Å². The number of aryl methyl sites for hydroxylation is 2. The number of halogens is 3. The van der Waals surface area contributed by atoms with E-state index in [-0.39, 0.29) is 24.1 Å². The van der Waals surface area contributed by atoms with Crippen molar-refractivity contribution in [3.63, 3.8) is 0 Å². The quantitative estimate of drug-likeness (QED) is 0.241. The zero-order valence-corrected chi connectivity index (χ0v) is 24.9. The van der Waals surface area contributed by atoms with Gasteiger partial charge in [0.15, 0.2) is 11.5 Å². The summed E-state index contributed by atoms with van der Waals surface area (Å²) in [6.45, 7) is 4.87. The highest BCUT2D eigenvalue weighted by atomic mass is 19.3. The van der Waals surface area contributed by atoms with Gasteiger partial charge in [0.1, 0.15) is 12.4 Å². The van der Waals surface area contributed by atoms with Gasteiger partial charge in [0, 0.05) is 68.1 Å². The second-order valence-electron chi connectivity index (χ2n) is 10.7. The molecule has 1 atom stereocenters. The van der Waals surface area contributed by atoms with Crippen LogP contribution in [0.25, 0.3) is 16.9 Å². The van der Waals surface area contributed by atoms with Gasteiger partial charge in [-0.15, -0.1) is 0 Å². The fourth-order valence-electron chi connectivity index (χ4n) is 5.35. The first-order valence-electron chi connectivity index (χ1n) is 14.8. The maximum atomic E-state index is 13.7. The highest BCUT2D eigenvalue weighted by Crippen LogP contribution is 2.32. The number of carbonyl (C=O) groups excluding carboxylic acids is 2. The number of aliphatic hydroxyl groups excluding tert-OH is 1. The third kappa shape index (κ3) is 7.26. The van der Waals surface area contributed by atoms with E-state index in [4.69, 9.17) is 5.11 Å². The SMILES string of the molecule is CCc1cc(Nc2nccn3c(-c4cn(CCF)nc4C(F)F)cnc23)ccc1C(=O)N1CCN(C=O)CC1.OC1CCNC1. The second kappa shape index (κ2) is 14.5. The summed E-state index contributed by atoms with van der Waals surface area (Å²) in [6.07, 6.45) is 5.41. The number of carbonyl (C=O) groups is 2. The van der Waals surface area contributed by atoms with Crippen LogP contribution in [0.15, 0.2) is 43.0 Å². The number of alkyl halides is 3. The molecule has 2 aliphatic rings. The first kappa shape index (κ1) is 31.9. The van der Waals surface area contributed by atoms with Crippen LogP contribution >= 0.6 is 0 Å². The summed E-state index contributed by atoms with van der Waals surface area (Å²) in [7, 11) is 0. The van der Waals surface area contributed by atoms with Crippen molar-refractivity contribution in [3.05, 3.63) is 59.8 Å².